The Hall–Kier alpha value is -1.73. The lowest BCUT2D eigenvalue weighted by Gasteiger charge is -2.08. The van der Waals surface area contributed by atoms with Crippen LogP contribution in [0.1, 0.15) is 5.56 Å². The number of sulfone groups is 1. The number of anilines is 1. The third kappa shape index (κ3) is 4.14. The van der Waals surface area contributed by atoms with E-state index in [2.05, 4.69) is 21.2 Å². The molecule has 22 heavy (non-hydrogen) atoms. The van der Waals surface area contributed by atoms with E-state index < -0.39 is 27.3 Å². The molecule has 1 N–H and O–H groups in total. The Morgan fingerprint density at radius 3 is 2.41 bits per heavy atom. The van der Waals surface area contributed by atoms with Crippen LogP contribution in [0.5, 0.6) is 0 Å². The number of carbonyl (C=O) groups is 1. The summed E-state index contributed by atoms with van der Waals surface area (Å²) in [6.07, 6.45) is 0. The molecule has 0 spiro atoms. The minimum absolute atomic E-state index is 0.0597. The molecule has 0 saturated heterocycles. The van der Waals surface area contributed by atoms with E-state index in [4.69, 9.17) is 0 Å². The maximum Gasteiger partial charge on any atom is 0.240 e. The topological polar surface area (TPSA) is 63.2 Å². The zero-order chi connectivity index (χ0) is 16.3. The Morgan fingerprint density at radius 2 is 1.82 bits per heavy atom. The molecular weight excluding hydrogens is 373 g/mol. The largest absolute Gasteiger partial charge is 0.323 e. The van der Waals surface area contributed by atoms with E-state index >= 15 is 0 Å². The highest BCUT2D eigenvalue weighted by atomic mass is 79.9. The average molecular weight is 386 g/mol. The van der Waals surface area contributed by atoms with E-state index in [9.17, 15) is 17.6 Å². The molecule has 0 radical (unpaired) electrons. The maximum absolute atomic E-state index is 13.6. The van der Waals surface area contributed by atoms with E-state index in [0.717, 1.165) is 5.56 Å². The minimum atomic E-state index is -3.76. The summed E-state index contributed by atoms with van der Waals surface area (Å²) in [6, 6.07) is 10.3. The summed E-state index contributed by atoms with van der Waals surface area (Å²) in [5.74, 6) is -2.18. The molecule has 4 nitrogen and oxygen atoms in total. The Bertz CT molecular complexity index is 804. The molecule has 0 aliphatic carbocycles. The van der Waals surface area contributed by atoms with Crippen molar-refractivity contribution in [1.82, 2.24) is 0 Å². The van der Waals surface area contributed by atoms with Gasteiger partial charge in [0, 0.05) is 4.47 Å². The van der Waals surface area contributed by atoms with Crippen LogP contribution in [0.4, 0.5) is 10.1 Å². The van der Waals surface area contributed by atoms with Gasteiger partial charge in [0.2, 0.25) is 5.91 Å². The molecule has 0 bridgehead atoms. The Balaban J connectivity index is 2.12. The monoisotopic (exact) mass is 385 g/mol. The zero-order valence-corrected chi connectivity index (χ0v) is 14.0. The first kappa shape index (κ1) is 16.6. The summed E-state index contributed by atoms with van der Waals surface area (Å²) in [5.41, 5.74) is 0.854. The van der Waals surface area contributed by atoms with Crippen molar-refractivity contribution in [2.45, 2.75) is 11.8 Å². The van der Waals surface area contributed by atoms with Gasteiger partial charge in [0.15, 0.2) is 9.84 Å². The number of hydrogen-bond acceptors (Lipinski definition) is 3. The van der Waals surface area contributed by atoms with Gasteiger partial charge in [0.25, 0.3) is 0 Å². The number of amides is 1. The van der Waals surface area contributed by atoms with Gasteiger partial charge in [-0.1, -0.05) is 33.6 Å². The van der Waals surface area contributed by atoms with Gasteiger partial charge in [-0.05, 0) is 37.3 Å². The van der Waals surface area contributed by atoms with Gasteiger partial charge in [-0.25, -0.2) is 12.8 Å². The molecule has 116 valence electrons. The van der Waals surface area contributed by atoms with Crippen molar-refractivity contribution >= 4 is 37.4 Å². The molecule has 0 saturated carbocycles. The number of carbonyl (C=O) groups excluding carboxylic acids is 1. The molecule has 7 heteroatoms. The lowest BCUT2D eigenvalue weighted by Crippen LogP contribution is -2.23. The van der Waals surface area contributed by atoms with E-state index in [1.165, 1.54) is 24.3 Å². The van der Waals surface area contributed by atoms with Crippen molar-refractivity contribution in [3.63, 3.8) is 0 Å². The molecule has 2 aromatic carbocycles. The predicted octanol–water partition coefficient (Wildman–Crippen LogP) is 3.31. The first-order valence-corrected chi connectivity index (χ1v) is 8.77. The standard InChI is InChI=1S/C15H13BrFNO3S/c1-10-2-5-12(6-3-10)22(20,21)9-15(19)18-14-7-4-11(16)8-13(14)17/h2-8H,9H2,1H3,(H,18,19). The molecule has 2 rings (SSSR count). The number of aryl methyl sites for hydroxylation is 1. The summed E-state index contributed by atoms with van der Waals surface area (Å²) in [4.78, 5) is 11.9. The molecule has 0 aliphatic heterocycles. The lowest BCUT2D eigenvalue weighted by atomic mass is 10.2. The Labute approximate surface area is 136 Å². The first-order chi connectivity index (χ1) is 10.3. The summed E-state index contributed by atoms with van der Waals surface area (Å²) in [7, 11) is -3.76. The molecule has 0 fully saturated rings. The van der Waals surface area contributed by atoms with Gasteiger partial charge in [-0.2, -0.15) is 0 Å². The van der Waals surface area contributed by atoms with Gasteiger partial charge < -0.3 is 5.32 Å². The Kier molecular flexibility index (Phi) is 4.97. The second-order valence-electron chi connectivity index (χ2n) is 4.74. The van der Waals surface area contributed by atoms with Gasteiger partial charge in [-0.15, -0.1) is 0 Å². The molecule has 0 aliphatic rings. The van der Waals surface area contributed by atoms with E-state index in [1.807, 2.05) is 6.92 Å². The maximum atomic E-state index is 13.6. The minimum Gasteiger partial charge on any atom is -0.323 e. The number of benzene rings is 2. The third-order valence-electron chi connectivity index (χ3n) is 2.91. The van der Waals surface area contributed by atoms with E-state index in [-0.39, 0.29) is 10.6 Å². The SMILES string of the molecule is Cc1ccc(S(=O)(=O)CC(=O)Nc2ccc(Br)cc2F)cc1. The number of hydrogen-bond donors (Lipinski definition) is 1. The number of nitrogens with one attached hydrogen (secondary N) is 1. The molecule has 1 amide bonds. The van der Waals surface area contributed by atoms with Crippen LogP contribution >= 0.6 is 15.9 Å². The van der Waals surface area contributed by atoms with Crippen LogP contribution in [0.3, 0.4) is 0 Å². The fourth-order valence-corrected chi connectivity index (χ4v) is 3.25. The predicted molar refractivity (Wildman–Crippen MR) is 86.0 cm³/mol. The van der Waals surface area contributed by atoms with Gasteiger partial charge in [-0.3, -0.25) is 4.79 Å². The highest BCUT2D eigenvalue weighted by Gasteiger charge is 2.20. The Morgan fingerprint density at radius 1 is 1.18 bits per heavy atom. The quantitative estimate of drug-likeness (QED) is 0.877. The van der Waals surface area contributed by atoms with Crippen LogP contribution in [0.25, 0.3) is 0 Å². The molecule has 0 heterocycles. The molecule has 0 unspecified atom stereocenters. The average Bonchev–Trinajstić information content (AvgIpc) is 2.42. The highest BCUT2D eigenvalue weighted by molar-refractivity contribution is 9.10. The second-order valence-corrected chi connectivity index (χ2v) is 7.65. The molecule has 0 aromatic heterocycles. The van der Waals surface area contributed by atoms with Crippen molar-refractivity contribution < 1.29 is 17.6 Å². The van der Waals surface area contributed by atoms with Crippen molar-refractivity contribution in [2.75, 3.05) is 11.1 Å². The van der Waals surface area contributed by atoms with Crippen LogP contribution in [-0.4, -0.2) is 20.1 Å². The van der Waals surface area contributed by atoms with Crippen LogP contribution in [0.2, 0.25) is 0 Å². The third-order valence-corrected chi connectivity index (χ3v) is 5.03. The van der Waals surface area contributed by atoms with Gasteiger partial charge >= 0.3 is 0 Å². The van der Waals surface area contributed by atoms with Crippen molar-refractivity contribution in [2.24, 2.45) is 0 Å². The van der Waals surface area contributed by atoms with E-state index in [0.29, 0.717) is 4.47 Å². The fraction of sp³-hybridized carbons (Fsp3) is 0.133. The summed E-state index contributed by atoms with van der Waals surface area (Å²) < 4.78 is 38.4. The number of rotatable bonds is 4. The normalized spacial score (nSPS) is 11.2. The van der Waals surface area contributed by atoms with Crippen molar-refractivity contribution in [1.29, 1.82) is 0 Å². The lowest BCUT2D eigenvalue weighted by molar-refractivity contribution is -0.113. The summed E-state index contributed by atoms with van der Waals surface area (Å²) >= 11 is 3.10. The zero-order valence-electron chi connectivity index (χ0n) is 11.6. The molecule has 0 atom stereocenters. The highest BCUT2D eigenvalue weighted by Crippen LogP contribution is 2.20. The van der Waals surface area contributed by atoms with Crippen LogP contribution in [0.15, 0.2) is 51.8 Å². The second kappa shape index (κ2) is 6.58. The van der Waals surface area contributed by atoms with Gasteiger partial charge in [0.05, 0.1) is 10.6 Å². The smallest absolute Gasteiger partial charge is 0.240 e. The molecular formula is C15H13BrFNO3S. The van der Waals surface area contributed by atoms with Crippen molar-refractivity contribution in [3.8, 4) is 0 Å². The van der Waals surface area contributed by atoms with Crippen LogP contribution < -0.4 is 5.32 Å². The number of halogens is 2. The van der Waals surface area contributed by atoms with Crippen molar-refractivity contribution in [3.05, 3.63) is 58.3 Å². The van der Waals surface area contributed by atoms with E-state index in [1.54, 1.807) is 18.2 Å². The molecule has 2 aromatic rings. The fourth-order valence-electron chi connectivity index (χ4n) is 1.78. The van der Waals surface area contributed by atoms with Crippen LogP contribution in [0, 0.1) is 12.7 Å². The van der Waals surface area contributed by atoms with Gasteiger partial charge in [0.1, 0.15) is 11.6 Å². The summed E-state index contributed by atoms with van der Waals surface area (Å²) in [5, 5.41) is 2.26. The summed E-state index contributed by atoms with van der Waals surface area (Å²) in [6.45, 7) is 1.83. The van der Waals surface area contributed by atoms with Crippen LogP contribution in [-0.2, 0) is 14.6 Å². The first-order valence-electron chi connectivity index (χ1n) is 6.32.